The molecule has 0 atom stereocenters. The molecule has 0 fully saturated rings. The largest absolute Gasteiger partial charge is 0.454 e. The predicted molar refractivity (Wildman–Crippen MR) is 106 cm³/mol. The first kappa shape index (κ1) is 18.0. The molecule has 28 heavy (non-hydrogen) atoms. The Morgan fingerprint density at radius 3 is 2.68 bits per heavy atom. The summed E-state index contributed by atoms with van der Waals surface area (Å²) in [4.78, 5) is 9.24. The Labute approximate surface area is 160 Å². The van der Waals surface area contributed by atoms with Gasteiger partial charge in [0.25, 0.3) is 0 Å². The number of ether oxygens (including phenoxy) is 2. The van der Waals surface area contributed by atoms with E-state index in [4.69, 9.17) is 25.9 Å². The predicted octanol–water partition coefficient (Wildman–Crippen LogP) is 1.84. The molecule has 4 aromatic rings. The SMILES string of the molecule is N.NCCc1ccc2c(c1)nc(Cc1ccc3c(c1)OCO3)n1nc(N)nc21. The summed E-state index contributed by atoms with van der Waals surface area (Å²) in [6, 6.07) is 12.0. The fourth-order valence-electron chi connectivity index (χ4n) is 3.40. The van der Waals surface area contributed by atoms with E-state index in [1.165, 1.54) is 0 Å². The number of rotatable bonds is 4. The maximum Gasteiger partial charge on any atom is 0.240 e. The highest BCUT2D eigenvalue weighted by Gasteiger charge is 2.16. The van der Waals surface area contributed by atoms with E-state index in [2.05, 4.69) is 16.1 Å². The molecule has 9 nitrogen and oxygen atoms in total. The Bertz CT molecular complexity index is 1170. The maximum absolute atomic E-state index is 5.87. The maximum atomic E-state index is 5.87. The normalized spacial score (nSPS) is 12.5. The lowest BCUT2D eigenvalue weighted by atomic mass is 10.1. The first-order valence-corrected chi connectivity index (χ1v) is 8.73. The second-order valence-electron chi connectivity index (χ2n) is 6.49. The van der Waals surface area contributed by atoms with Crippen molar-refractivity contribution in [1.29, 1.82) is 0 Å². The number of nitrogens with two attached hydrogens (primary N) is 2. The number of nitrogen functional groups attached to an aromatic ring is 1. The van der Waals surface area contributed by atoms with Crippen molar-refractivity contribution in [2.75, 3.05) is 19.1 Å². The molecule has 0 bridgehead atoms. The van der Waals surface area contributed by atoms with E-state index in [-0.39, 0.29) is 18.9 Å². The summed E-state index contributed by atoms with van der Waals surface area (Å²) in [7, 11) is 0. The third-order valence-electron chi connectivity index (χ3n) is 4.65. The van der Waals surface area contributed by atoms with Gasteiger partial charge in [-0.25, -0.2) is 4.98 Å². The number of fused-ring (bicyclic) bond motifs is 4. The standard InChI is InChI=1S/C19H18N6O2.H3N/c20-6-5-11-1-3-13-14(7-11)22-17(25-18(13)23-19(21)24-25)9-12-2-4-15-16(8-12)27-10-26-15;/h1-4,7-8H,5-6,9-10,20H2,(H2,21,24);1H3. The molecule has 144 valence electrons. The lowest BCUT2D eigenvalue weighted by molar-refractivity contribution is 0.174. The van der Waals surface area contributed by atoms with Crippen LogP contribution in [0, 0.1) is 0 Å². The minimum absolute atomic E-state index is 0. The van der Waals surface area contributed by atoms with Crippen LogP contribution >= 0.6 is 0 Å². The molecule has 1 aliphatic heterocycles. The summed E-state index contributed by atoms with van der Waals surface area (Å²) in [5.74, 6) is 2.48. The highest BCUT2D eigenvalue weighted by molar-refractivity contribution is 5.92. The second kappa shape index (κ2) is 6.95. The zero-order valence-electron chi connectivity index (χ0n) is 15.3. The Kier molecular flexibility index (Phi) is 4.46. The third kappa shape index (κ3) is 2.96. The zero-order chi connectivity index (χ0) is 18.4. The number of hydrogen-bond donors (Lipinski definition) is 3. The van der Waals surface area contributed by atoms with Gasteiger partial charge in [-0.3, -0.25) is 0 Å². The monoisotopic (exact) mass is 379 g/mol. The van der Waals surface area contributed by atoms with Crippen LogP contribution in [0.25, 0.3) is 16.6 Å². The van der Waals surface area contributed by atoms with Crippen LogP contribution < -0.4 is 27.1 Å². The van der Waals surface area contributed by atoms with Gasteiger partial charge in [-0.2, -0.15) is 9.50 Å². The molecule has 0 unspecified atom stereocenters. The van der Waals surface area contributed by atoms with Crippen molar-refractivity contribution in [3.8, 4) is 11.5 Å². The van der Waals surface area contributed by atoms with Crippen LogP contribution in [0.4, 0.5) is 5.95 Å². The number of aromatic nitrogens is 4. The van der Waals surface area contributed by atoms with E-state index in [1.807, 2.05) is 30.3 Å². The van der Waals surface area contributed by atoms with Gasteiger partial charge in [-0.1, -0.05) is 12.1 Å². The molecule has 7 N–H and O–H groups in total. The first-order valence-electron chi connectivity index (χ1n) is 8.73. The second-order valence-corrected chi connectivity index (χ2v) is 6.49. The average molecular weight is 379 g/mol. The van der Waals surface area contributed by atoms with Crippen LogP contribution in [0.15, 0.2) is 36.4 Å². The molecule has 5 rings (SSSR count). The average Bonchev–Trinajstić information content (AvgIpc) is 3.27. The fourth-order valence-corrected chi connectivity index (χ4v) is 3.40. The molecular weight excluding hydrogens is 358 g/mol. The van der Waals surface area contributed by atoms with Gasteiger partial charge >= 0.3 is 0 Å². The van der Waals surface area contributed by atoms with Crippen molar-refractivity contribution in [2.45, 2.75) is 12.8 Å². The molecule has 1 aliphatic rings. The molecule has 2 aromatic carbocycles. The fraction of sp³-hybridized carbons (Fsp3) is 0.211. The van der Waals surface area contributed by atoms with Crippen molar-refractivity contribution in [3.63, 3.8) is 0 Å². The lowest BCUT2D eigenvalue weighted by Crippen LogP contribution is -2.06. The number of anilines is 1. The molecule has 0 radical (unpaired) electrons. The van der Waals surface area contributed by atoms with E-state index in [0.717, 1.165) is 45.8 Å². The van der Waals surface area contributed by atoms with Crippen molar-refractivity contribution >= 4 is 22.5 Å². The molecular formula is C19H21N7O2. The van der Waals surface area contributed by atoms with Crippen molar-refractivity contribution in [1.82, 2.24) is 25.7 Å². The molecule has 0 aliphatic carbocycles. The van der Waals surface area contributed by atoms with E-state index in [9.17, 15) is 0 Å². The summed E-state index contributed by atoms with van der Waals surface area (Å²) < 4.78 is 12.6. The van der Waals surface area contributed by atoms with Crippen LogP contribution in [0.3, 0.4) is 0 Å². The molecule has 9 heteroatoms. The van der Waals surface area contributed by atoms with Crippen molar-refractivity contribution in [2.24, 2.45) is 5.73 Å². The van der Waals surface area contributed by atoms with Crippen LogP contribution in [0.2, 0.25) is 0 Å². The smallest absolute Gasteiger partial charge is 0.240 e. The Morgan fingerprint density at radius 2 is 1.82 bits per heavy atom. The third-order valence-corrected chi connectivity index (χ3v) is 4.65. The topological polar surface area (TPSA) is 149 Å². The number of hydrogen-bond acceptors (Lipinski definition) is 8. The van der Waals surface area contributed by atoms with Crippen molar-refractivity contribution in [3.05, 3.63) is 53.3 Å². The Morgan fingerprint density at radius 1 is 1.00 bits per heavy atom. The molecule has 0 saturated heterocycles. The minimum atomic E-state index is 0. The molecule has 2 aromatic heterocycles. The summed E-state index contributed by atoms with van der Waals surface area (Å²) in [5.41, 5.74) is 15.3. The van der Waals surface area contributed by atoms with Crippen molar-refractivity contribution < 1.29 is 9.47 Å². The summed E-state index contributed by atoms with van der Waals surface area (Å²) in [6.45, 7) is 0.844. The Hall–Kier alpha value is -3.43. The lowest BCUT2D eigenvalue weighted by Gasteiger charge is -2.08. The number of benzene rings is 2. The van der Waals surface area contributed by atoms with E-state index in [0.29, 0.717) is 18.6 Å². The highest BCUT2D eigenvalue weighted by atomic mass is 16.7. The minimum Gasteiger partial charge on any atom is -0.454 e. The van der Waals surface area contributed by atoms with Gasteiger partial charge in [-0.05, 0) is 48.4 Å². The first-order chi connectivity index (χ1) is 13.2. The molecule has 0 amide bonds. The summed E-state index contributed by atoms with van der Waals surface area (Å²) in [5, 5.41) is 5.25. The number of nitrogens with zero attached hydrogens (tertiary/aromatic N) is 4. The van der Waals surface area contributed by atoms with Crippen LogP contribution in [0.5, 0.6) is 11.5 Å². The van der Waals surface area contributed by atoms with E-state index >= 15 is 0 Å². The van der Waals surface area contributed by atoms with E-state index in [1.54, 1.807) is 4.52 Å². The quantitative estimate of drug-likeness (QED) is 0.486. The van der Waals surface area contributed by atoms with Crippen LogP contribution in [0.1, 0.15) is 17.0 Å². The molecule has 3 heterocycles. The zero-order valence-corrected chi connectivity index (χ0v) is 15.3. The van der Waals surface area contributed by atoms with Gasteiger partial charge in [0, 0.05) is 11.8 Å². The van der Waals surface area contributed by atoms with Crippen LogP contribution in [-0.4, -0.2) is 32.9 Å². The van der Waals surface area contributed by atoms with Gasteiger partial charge < -0.3 is 27.1 Å². The highest BCUT2D eigenvalue weighted by Crippen LogP contribution is 2.33. The van der Waals surface area contributed by atoms with Gasteiger partial charge in [0.15, 0.2) is 17.1 Å². The Balaban J connectivity index is 0.00000192. The molecule has 0 spiro atoms. The van der Waals surface area contributed by atoms with Gasteiger partial charge in [0.2, 0.25) is 12.7 Å². The van der Waals surface area contributed by atoms with Gasteiger partial charge in [-0.15, -0.1) is 5.10 Å². The van der Waals surface area contributed by atoms with E-state index < -0.39 is 0 Å². The van der Waals surface area contributed by atoms with Crippen LogP contribution in [-0.2, 0) is 12.8 Å². The van der Waals surface area contributed by atoms with Gasteiger partial charge in [0.05, 0.1) is 5.52 Å². The summed E-state index contributed by atoms with van der Waals surface area (Å²) >= 11 is 0. The molecule has 0 saturated carbocycles. The summed E-state index contributed by atoms with van der Waals surface area (Å²) in [6.07, 6.45) is 1.36. The van der Waals surface area contributed by atoms with Gasteiger partial charge in [0.1, 0.15) is 5.82 Å².